The molecule has 0 bridgehead atoms. The summed E-state index contributed by atoms with van der Waals surface area (Å²) in [6, 6.07) is 8.29. The van der Waals surface area contributed by atoms with Gasteiger partial charge in [0.2, 0.25) is 0 Å². The fourth-order valence-electron chi connectivity index (χ4n) is 2.91. The van der Waals surface area contributed by atoms with Crippen molar-refractivity contribution in [3.8, 4) is 17.1 Å². The second kappa shape index (κ2) is 6.05. The zero-order valence-electron chi connectivity index (χ0n) is 15.3. The van der Waals surface area contributed by atoms with Crippen molar-refractivity contribution in [3.05, 3.63) is 60.3 Å². The van der Waals surface area contributed by atoms with Gasteiger partial charge in [-0.05, 0) is 23.1 Å². The topological polar surface area (TPSA) is 96.7 Å². The Balaban J connectivity index is 1.74. The predicted octanol–water partition coefficient (Wildman–Crippen LogP) is 3.81. The average Bonchev–Trinajstić information content (AvgIpc) is 3.27. The molecule has 1 aromatic carbocycles. The fourth-order valence-corrected chi connectivity index (χ4v) is 2.91. The van der Waals surface area contributed by atoms with Crippen molar-refractivity contribution in [2.75, 3.05) is 0 Å². The number of nitrogens with one attached hydrogen (secondary N) is 1. The number of carboxylic acids is 1. The van der Waals surface area contributed by atoms with Crippen molar-refractivity contribution in [2.45, 2.75) is 26.2 Å². The van der Waals surface area contributed by atoms with Gasteiger partial charge in [0, 0.05) is 18.1 Å². The number of hydrogen-bond donors (Lipinski definition) is 2. The molecular formula is C20H19N5O2. The largest absolute Gasteiger partial charge is 0.478 e. The van der Waals surface area contributed by atoms with E-state index in [1.807, 2.05) is 22.9 Å². The van der Waals surface area contributed by atoms with Crippen LogP contribution in [0.2, 0.25) is 0 Å². The van der Waals surface area contributed by atoms with E-state index in [1.165, 1.54) is 11.8 Å². The lowest BCUT2D eigenvalue weighted by molar-refractivity contribution is 0.0699. The summed E-state index contributed by atoms with van der Waals surface area (Å²) in [5.74, 6) is -1.04. The Morgan fingerprint density at radius 2 is 2.00 bits per heavy atom. The van der Waals surface area contributed by atoms with Gasteiger partial charge in [-0.3, -0.25) is 0 Å². The number of benzene rings is 1. The quantitative estimate of drug-likeness (QED) is 0.578. The van der Waals surface area contributed by atoms with Crippen molar-refractivity contribution < 1.29 is 9.90 Å². The first-order valence-corrected chi connectivity index (χ1v) is 8.55. The summed E-state index contributed by atoms with van der Waals surface area (Å²) in [5, 5.41) is 9.27. The van der Waals surface area contributed by atoms with E-state index in [4.69, 9.17) is 0 Å². The molecule has 0 atom stereocenters. The summed E-state index contributed by atoms with van der Waals surface area (Å²) in [7, 11) is 0. The number of aromatic nitrogens is 5. The molecule has 0 saturated carbocycles. The second-order valence-electron chi connectivity index (χ2n) is 7.43. The average molecular weight is 361 g/mol. The molecule has 0 fully saturated rings. The van der Waals surface area contributed by atoms with Gasteiger partial charge in [-0.15, -0.1) is 0 Å². The standard InChI is InChI=1S/C20H19N5O2/c1-20(2,3)12-5-4-6-13(7-12)25-10-16(23-11-25)15-9-22-18-17(24-15)14(8-21-18)19(26)27/h4-11H,1-3H3,(H,21,22)(H,26,27). The molecule has 4 rings (SSSR count). The highest BCUT2D eigenvalue weighted by Crippen LogP contribution is 2.25. The predicted molar refractivity (Wildman–Crippen MR) is 102 cm³/mol. The van der Waals surface area contributed by atoms with E-state index in [9.17, 15) is 9.90 Å². The molecule has 2 N–H and O–H groups in total. The Morgan fingerprint density at radius 1 is 1.19 bits per heavy atom. The Bertz CT molecular complexity index is 1150. The van der Waals surface area contributed by atoms with Gasteiger partial charge in [-0.2, -0.15) is 0 Å². The van der Waals surface area contributed by atoms with E-state index in [0.717, 1.165) is 5.69 Å². The number of aromatic amines is 1. The molecule has 136 valence electrons. The Morgan fingerprint density at radius 3 is 2.74 bits per heavy atom. The second-order valence-corrected chi connectivity index (χ2v) is 7.43. The number of carboxylic acid groups (broad SMARTS) is 1. The minimum atomic E-state index is -1.04. The summed E-state index contributed by atoms with van der Waals surface area (Å²) in [5.41, 5.74) is 4.29. The van der Waals surface area contributed by atoms with Gasteiger partial charge in [0.05, 0.1) is 12.5 Å². The lowest BCUT2D eigenvalue weighted by Crippen LogP contribution is -2.11. The number of hydrogen-bond acceptors (Lipinski definition) is 4. The number of aromatic carboxylic acids is 1. The van der Waals surface area contributed by atoms with Crippen molar-refractivity contribution in [1.82, 2.24) is 24.5 Å². The summed E-state index contributed by atoms with van der Waals surface area (Å²) in [6.07, 6.45) is 6.57. The molecule has 0 saturated heterocycles. The first kappa shape index (κ1) is 17.0. The zero-order valence-corrected chi connectivity index (χ0v) is 15.3. The first-order chi connectivity index (χ1) is 12.8. The molecule has 27 heavy (non-hydrogen) atoms. The van der Waals surface area contributed by atoms with Crippen LogP contribution in [0, 0.1) is 0 Å². The van der Waals surface area contributed by atoms with Crippen LogP contribution in [0.25, 0.3) is 28.2 Å². The van der Waals surface area contributed by atoms with Crippen molar-refractivity contribution in [3.63, 3.8) is 0 Å². The van der Waals surface area contributed by atoms with E-state index in [2.05, 4.69) is 52.8 Å². The van der Waals surface area contributed by atoms with E-state index in [0.29, 0.717) is 22.6 Å². The number of nitrogens with zero attached hydrogens (tertiary/aromatic N) is 4. The van der Waals surface area contributed by atoms with Crippen molar-refractivity contribution in [1.29, 1.82) is 0 Å². The Labute approximate surface area is 155 Å². The number of rotatable bonds is 3. The van der Waals surface area contributed by atoms with Crippen LogP contribution in [0.3, 0.4) is 0 Å². The third-order valence-corrected chi connectivity index (χ3v) is 4.47. The molecule has 0 radical (unpaired) electrons. The maximum atomic E-state index is 11.3. The summed E-state index contributed by atoms with van der Waals surface area (Å²) in [6.45, 7) is 6.52. The van der Waals surface area contributed by atoms with Crippen LogP contribution in [-0.2, 0) is 5.41 Å². The van der Waals surface area contributed by atoms with Gasteiger partial charge < -0.3 is 14.7 Å². The zero-order chi connectivity index (χ0) is 19.2. The molecule has 7 heteroatoms. The molecule has 7 nitrogen and oxygen atoms in total. The van der Waals surface area contributed by atoms with E-state index >= 15 is 0 Å². The van der Waals surface area contributed by atoms with Gasteiger partial charge >= 0.3 is 5.97 Å². The van der Waals surface area contributed by atoms with Crippen molar-refractivity contribution in [2.24, 2.45) is 0 Å². The van der Waals surface area contributed by atoms with E-state index in [-0.39, 0.29) is 11.0 Å². The molecule has 4 aromatic rings. The molecule has 0 aliphatic heterocycles. The minimum Gasteiger partial charge on any atom is -0.478 e. The summed E-state index contributed by atoms with van der Waals surface area (Å²) < 4.78 is 1.92. The van der Waals surface area contributed by atoms with Crippen LogP contribution < -0.4 is 0 Å². The molecule has 0 aliphatic carbocycles. The number of carbonyl (C=O) groups is 1. The smallest absolute Gasteiger partial charge is 0.339 e. The number of imidazole rings is 1. The summed E-state index contributed by atoms with van der Waals surface area (Å²) >= 11 is 0. The van der Waals surface area contributed by atoms with Crippen LogP contribution >= 0.6 is 0 Å². The maximum Gasteiger partial charge on any atom is 0.339 e. The SMILES string of the molecule is CC(C)(C)c1cccc(-n2cnc(-c3cnc4[nH]cc(C(=O)O)c4n3)c2)c1. The molecule has 0 amide bonds. The first-order valence-electron chi connectivity index (χ1n) is 8.55. The normalized spacial score (nSPS) is 11.8. The van der Waals surface area contributed by atoms with Crippen LogP contribution in [0.1, 0.15) is 36.7 Å². The van der Waals surface area contributed by atoms with Crippen LogP contribution in [-0.4, -0.2) is 35.6 Å². The molecule has 0 unspecified atom stereocenters. The van der Waals surface area contributed by atoms with Gasteiger partial charge in [-0.1, -0.05) is 32.9 Å². The lowest BCUT2D eigenvalue weighted by Gasteiger charge is -2.19. The van der Waals surface area contributed by atoms with Crippen molar-refractivity contribution >= 4 is 17.1 Å². The monoisotopic (exact) mass is 361 g/mol. The molecular weight excluding hydrogens is 342 g/mol. The Kier molecular flexibility index (Phi) is 3.80. The van der Waals surface area contributed by atoms with Gasteiger partial charge in [-0.25, -0.2) is 19.7 Å². The van der Waals surface area contributed by atoms with E-state index < -0.39 is 5.97 Å². The molecule has 0 spiro atoms. The highest BCUT2D eigenvalue weighted by atomic mass is 16.4. The molecule has 3 aromatic heterocycles. The van der Waals surface area contributed by atoms with Gasteiger partial charge in [0.15, 0.2) is 5.65 Å². The maximum absolute atomic E-state index is 11.3. The van der Waals surface area contributed by atoms with Gasteiger partial charge in [0.1, 0.15) is 22.5 Å². The van der Waals surface area contributed by atoms with Crippen LogP contribution in [0.4, 0.5) is 0 Å². The van der Waals surface area contributed by atoms with E-state index in [1.54, 1.807) is 12.5 Å². The third kappa shape index (κ3) is 3.08. The number of H-pyrrole nitrogens is 1. The lowest BCUT2D eigenvalue weighted by atomic mass is 9.87. The van der Waals surface area contributed by atoms with Crippen LogP contribution in [0.15, 0.2) is 49.2 Å². The van der Waals surface area contributed by atoms with Crippen LogP contribution in [0.5, 0.6) is 0 Å². The molecule has 0 aliphatic rings. The third-order valence-electron chi connectivity index (χ3n) is 4.47. The Hall–Kier alpha value is -3.48. The summed E-state index contributed by atoms with van der Waals surface area (Å²) in [4.78, 5) is 27.3. The highest BCUT2D eigenvalue weighted by molar-refractivity contribution is 6.00. The molecule has 3 heterocycles. The fraction of sp³-hybridized carbons (Fsp3) is 0.200. The van der Waals surface area contributed by atoms with Gasteiger partial charge in [0.25, 0.3) is 0 Å². The highest BCUT2D eigenvalue weighted by Gasteiger charge is 2.16. The minimum absolute atomic E-state index is 0.0530. The number of fused-ring (bicyclic) bond motifs is 1.